The average molecular weight is 225 g/mol. The SMILES string of the molecule is CN1Cc2cc(CCCl)ccc2NC1=O. The Kier molecular flexibility index (Phi) is 2.82. The fraction of sp³-hybridized carbons (Fsp3) is 0.364. The minimum absolute atomic E-state index is 0.0485. The number of carbonyl (C=O) groups excluding carboxylic acids is 1. The monoisotopic (exact) mass is 224 g/mol. The molecule has 0 saturated carbocycles. The van der Waals surface area contributed by atoms with E-state index in [2.05, 4.69) is 11.4 Å². The van der Waals surface area contributed by atoms with Crippen molar-refractivity contribution in [2.75, 3.05) is 18.2 Å². The largest absolute Gasteiger partial charge is 0.323 e. The molecule has 1 aliphatic heterocycles. The van der Waals surface area contributed by atoms with E-state index in [-0.39, 0.29) is 6.03 Å². The summed E-state index contributed by atoms with van der Waals surface area (Å²) in [5, 5.41) is 2.83. The fourth-order valence-electron chi connectivity index (χ4n) is 1.70. The molecule has 2 rings (SSSR count). The molecule has 0 aliphatic carbocycles. The number of hydrogen-bond acceptors (Lipinski definition) is 1. The number of fused-ring (bicyclic) bond motifs is 1. The van der Waals surface area contributed by atoms with Crippen LogP contribution in [0.1, 0.15) is 11.1 Å². The van der Waals surface area contributed by atoms with E-state index >= 15 is 0 Å². The number of urea groups is 1. The minimum atomic E-state index is -0.0485. The molecule has 0 bridgehead atoms. The van der Waals surface area contributed by atoms with Crippen molar-refractivity contribution in [3.05, 3.63) is 29.3 Å². The average Bonchev–Trinajstić information content (AvgIpc) is 2.21. The molecule has 3 nitrogen and oxygen atoms in total. The van der Waals surface area contributed by atoms with Crippen LogP contribution < -0.4 is 5.32 Å². The van der Waals surface area contributed by atoms with Crippen LogP contribution in [0, 0.1) is 0 Å². The van der Waals surface area contributed by atoms with Crippen LogP contribution in [0.15, 0.2) is 18.2 Å². The number of nitrogens with zero attached hydrogens (tertiary/aromatic N) is 1. The van der Waals surface area contributed by atoms with Crippen LogP contribution in [0.3, 0.4) is 0 Å². The maximum absolute atomic E-state index is 11.4. The van der Waals surface area contributed by atoms with Crippen LogP contribution in [0.5, 0.6) is 0 Å². The van der Waals surface area contributed by atoms with Crippen LogP contribution in [-0.2, 0) is 13.0 Å². The zero-order valence-corrected chi connectivity index (χ0v) is 9.34. The fourth-order valence-corrected chi connectivity index (χ4v) is 1.92. The van der Waals surface area contributed by atoms with E-state index in [1.54, 1.807) is 11.9 Å². The summed E-state index contributed by atoms with van der Waals surface area (Å²) in [5.41, 5.74) is 3.28. The van der Waals surface area contributed by atoms with Crippen molar-refractivity contribution in [1.29, 1.82) is 0 Å². The number of aryl methyl sites for hydroxylation is 1. The van der Waals surface area contributed by atoms with Gasteiger partial charge in [0.1, 0.15) is 0 Å². The van der Waals surface area contributed by atoms with Gasteiger partial charge in [0.2, 0.25) is 0 Å². The van der Waals surface area contributed by atoms with E-state index in [9.17, 15) is 4.79 Å². The molecule has 0 fully saturated rings. The highest BCUT2D eigenvalue weighted by Gasteiger charge is 2.18. The maximum Gasteiger partial charge on any atom is 0.321 e. The Morgan fingerprint density at radius 1 is 1.53 bits per heavy atom. The van der Waals surface area contributed by atoms with Gasteiger partial charge in [0.25, 0.3) is 0 Å². The first-order valence-corrected chi connectivity index (χ1v) is 5.44. The second-order valence-electron chi connectivity index (χ2n) is 3.72. The molecule has 0 unspecified atom stereocenters. The van der Waals surface area contributed by atoms with Crippen molar-refractivity contribution in [3.8, 4) is 0 Å². The summed E-state index contributed by atoms with van der Waals surface area (Å²) in [6, 6.07) is 6.01. The number of anilines is 1. The van der Waals surface area contributed by atoms with E-state index in [0.717, 1.165) is 17.7 Å². The third kappa shape index (κ3) is 2.07. The van der Waals surface area contributed by atoms with E-state index in [0.29, 0.717) is 12.4 Å². The summed E-state index contributed by atoms with van der Waals surface area (Å²) in [4.78, 5) is 13.0. The quantitative estimate of drug-likeness (QED) is 0.769. The molecule has 15 heavy (non-hydrogen) atoms. The lowest BCUT2D eigenvalue weighted by atomic mass is 10.1. The van der Waals surface area contributed by atoms with E-state index in [4.69, 9.17) is 11.6 Å². The Morgan fingerprint density at radius 3 is 3.07 bits per heavy atom. The Bertz CT molecular complexity index is 392. The molecule has 80 valence electrons. The van der Waals surface area contributed by atoms with Gasteiger partial charge in [-0.3, -0.25) is 0 Å². The highest BCUT2D eigenvalue weighted by atomic mass is 35.5. The third-order valence-electron chi connectivity index (χ3n) is 2.55. The molecule has 1 aliphatic rings. The second-order valence-corrected chi connectivity index (χ2v) is 4.09. The van der Waals surface area contributed by atoms with Crippen LogP contribution >= 0.6 is 11.6 Å². The van der Waals surface area contributed by atoms with Gasteiger partial charge in [-0.15, -0.1) is 11.6 Å². The molecule has 1 aromatic carbocycles. The zero-order valence-electron chi connectivity index (χ0n) is 8.59. The molecule has 2 amide bonds. The summed E-state index contributed by atoms with van der Waals surface area (Å²) in [7, 11) is 1.78. The number of hydrogen-bond donors (Lipinski definition) is 1. The standard InChI is InChI=1S/C11H13ClN2O/c1-14-7-9-6-8(4-5-12)2-3-10(9)13-11(14)15/h2-3,6H,4-5,7H2,1H3,(H,13,15). The van der Waals surface area contributed by atoms with Crippen molar-refractivity contribution >= 4 is 23.3 Å². The van der Waals surface area contributed by atoms with Crippen LogP contribution in [-0.4, -0.2) is 23.9 Å². The lowest BCUT2D eigenvalue weighted by Gasteiger charge is -2.26. The molecule has 1 N–H and O–H groups in total. The summed E-state index contributed by atoms with van der Waals surface area (Å²) in [6.07, 6.45) is 0.868. The first kappa shape index (κ1) is 10.3. The molecule has 0 spiro atoms. The smallest absolute Gasteiger partial charge is 0.321 e. The Balaban J connectivity index is 2.29. The van der Waals surface area contributed by atoms with Gasteiger partial charge < -0.3 is 10.2 Å². The zero-order chi connectivity index (χ0) is 10.8. The summed E-state index contributed by atoms with van der Waals surface area (Å²) < 4.78 is 0. The van der Waals surface area contributed by atoms with Crippen molar-refractivity contribution in [1.82, 2.24) is 4.90 Å². The van der Waals surface area contributed by atoms with E-state index in [1.165, 1.54) is 5.56 Å². The first-order valence-electron chi connectivity index (χ1n) is 4.90. The summed E-state index contributed by atoms with van der Waals surface area (Å²) in [6.45, 7) is 0.664. The minimum Gasteiger partial charge on any atom is -0.323 e. The van der Waals surface area contributed by atoms with Crippen molar-refractivity contribution in [3.63, 3.8) is 0 Å². The second kappa shape index (κ2) is 4.11. The molecular weight excluding hydrogens is 212 g/mol. The highest BCUT2D eigenvalue weighted by Crippen LogP contribution is 2.23. The number of amides is 2. The van der Waals surface area contributed by atoms with Crippen LogP contribution in [0.4, 0.5) is 10.5 Å². The lowest BCUT2D eigenvalue weighted by Crippen LogP contribution is -2.35. The number of benzene rings is 1. The molecule has 1 aromatic rings. The van der Waals surface area contributed by atoms with Crippen molar-refractivity contribution in [2.45, 2.75) is 13.0 Å². The number of carbonyl (C=O) groups is 1. The predicted molar refractivity (Wildman–Crippen MR) is 61.4 cm³/mol. The molecule has 0 radical (unpaired) electrons. The Hall–Kier alpha value is -1.22. The van der Waals surface area contributed by atoms with Gasteiger partial charge in [0, 0.05) is 25.2 Å². The highest BCUT2D eigenvalue weighted by molar-refractivity contribution is 6.18. The number of halogens is 1. The summed E-state index contributed by atoms with van der Waals surface area (Å²) >= 11 is 5.69. The lowest BCUT2D eigenvalue weighted by molar-refractivity contribution is 0.218. The van der Waals surface area contributed by atoms with E-state index < -0.39 is 0 Å². The van der Waals surface area contributed by atoms with Gasteiger partial charge in [-0.1, -0.05) is 12.1 Å². The number of rotatable bonds is 2. The topological polar surface area (TPSA) is 32.3 Å². The van der Waals surface area contributed by atoms with Crippen LogP contribution in [0.2, 0.25) is 0 Å². The molecular formula is C11H13ClN2O. The first-order chi connectivity index (χ1) is 7.20. The van der Waals surface area contributed by atoms with Gasteiger partial charge in [-0.2, -0.15) is 0 Å². The molecule has 0 atom stereocenters. The van der Waals surface area contributed by atoms with Gasteiger partial charge in [0.05, 0.1) is 0 Å². The van der Waals surface area contributed by atoms with Crippen molar-refractivity contribution < 1.29 is 4.79 Å². The molecule has 1 heterocycles. The Labute approximate surface area is 94.0 Å². The third-order valence-corrected chi connectivity index (χ3v) is 2.74. The molecule has 0 aromatic heterocycles. The number of nitrogens with one attached hydrogen (secondary N) is 1. The molecule has 4 heteroatoms. The predicted octanol–water partition coefficient (Wildman–Crippen LogP) is 2.45. The van der Waals surface area contributed by atoms with Crippen LogP contribution in [0.25, 0.3) is 0 Å². The van der Waals surface area contributed by atoms with Crippen molar-refractivity contribution in [2.24, 2.45) is 0 Å². The molecule has 0 saturated heterocycles. The summed E-state index contributed by atoms with van der Waals surface area (Å²) in [5.74, 6) is 0.626. The van der Waals surface area contributed by atoms with E-state index in [1.807, 2.05) is 12.1 Å². The van der Waals surface area contributed by atoms with Gasteiger partial charge >= 0.3 is 6.03 Å². The normalized spacial score (nSPS) is 14.8. The maximum atomic E-state index is 11.4. The van der Waals surface area contributed by atoms with Gasteiger partial charge in [-0.25, -0.2) is 4.79 Å². The van der Waals surface area contributed by atoms with Gasteiger partial charge in [0.15, 0.2) is 0 Å². The van der Waals surface area contributed by atoms with Gasteiger partial charge in [-0.05, 0) is 23.6 Å². The number of alkyl halides is 1. The Morgan fingerprint density at radius 2 is 2.33 bits per heavy atom.